The number of hydrogen-bond acceptors (Lipinski definition) is 4. The fraction of sp³-hybridized carbons (Fsp3) is 0.500. The molecule has 22 heavy (non-hydrogen) atoms. The zero-order valence-electron chi connectivity index (χ0n) is 13.3. The molecule has 0 aromatic heterocycles. The molecule has 1 aliphatic rings. The summed E-state index contributed by atoms with van der Waals surface area (Å²) in [6.07, 6.45) is 0. The van der Waals surface area contributed by atoms with Crippen LogP contribution in [-0.2, 0) is 9.59 Å². The molecule has 1 aliphatic heterocycles. The van der Waals surface area contributed by atoms with E-state index >= 15 is 0 Å². The molecule has 0 spiro atoms. The Morgan fingerprint density at radius 3 is 2.18 bits per heavy atom. The summed E-state index contributed by atoms with van der Waals surface area (Å²) in [5.74, 6) is -0.140. The van der Waals surface area contributed by atoms with Crippen LogP contribution in [0.1, 0.15) is 13.8 Å². The Morgan fingerprint density at radius 1 is 1.09 bits per heavy atom. The largest absolute Gasteiger partial charge is 0.497 e. The smallest absolute Gasteiger partial charge is 0.312 e. The Morgan fingerprint density at radius 2 is 1.68 bits per heavy atom. The van der Waals surface area contributed by atoms with Gasteiger partial charge in [0, 0.05) is 37.9 Å². The van der Waals surface area contributed by atoms with E-state index in [0.717, 1.165) is 11.4 Å². The Kier molecular flexibility index (Phi) is 5.25. The van der Waals surface area contributed by atoms with E-state index in [9.17, 15) is 9.59 Å². The third-order valence-electron chi connectivity index (χ3n) is 3.62. The van der Waals surface area contributed by atoms with Crippen LogP contribution in [0.15, 0.2) is 24.3 Å². The number of anilines is 1. The maximum absolute atomic E-state index is 12.0. The van der Waals surface area contributed by atoms with Gasteiger partial charge in [-0.2, -0.15) is 0 Å². The molecule has 0 bridgehead atoms. The van der Waals surface area contributed by atoms with Crippen molar-refractivity contribution in [2.45, 2.75) is 19.9 Å². The topological polar surface area (TPSA) is 61.9 Å². The van der Waals surface area contributed by atoms with Crippen LogP contribution < -0.4 is 15.0 Å². The van der Waals surface area contributed by atoms with E-state index in [0.29, 0.717) is 26.2 Å². The molecule has 1 fully saturated rings. The van der Waals surface area contributed by atoms with E-state index < -0.39 is 11.8 Å². The first-order valence-corrected chi connectivity index (χ1v) is 7.50. The van der Waals surface area contributed by atoms with Crippen LogP contribution in [0, 0.1) is 0 Å². The monoisotopic (exact) mass is 305 g/mol. The Hall–Kier alpha value is -2.24. The Labute approximate surface area is 131 Å². The summed E-state index contributed by atoms with van der Waals surface area (Å²) in [6, 6.07) is 7.81. The first-order chi connectivity index (χ1) is 10.5. The van der Waals surface area contributed by atoms with Crippen molar-refractivity contribution in [3.8, 4) is 5.75 Å². The van der Waals surface area contributed by atoms with Gasteiger partial charge in [-0.3, -0.25) is 9.59 Å². The second-order valence-electron chi connectivity index (χ2n) is 5.61. The number of piperazine rings is 1. The van der Waals surface area contributed by atoms with E-state index in [4.69, 9.17) is 4.74 Å². The number of rotatable bonds is 3. The van der Waals surface area contributed by atoms with Crippen molar-refractivity contribution >= 4 is 17.5 Å². The number of nitrogens with zero attached hydrogens (tertiary/aromatic N) is 2. The highest BCUT2D eigenvalue weighted by atomic mass is 16.5. The van der Waals surface area contributed by atoms with E-state index in [1.165, 1.54) is 0 Å². The molecule has 2 amide bonds. The summed E-state index contributed by atoms with van der Waals surface area (Å²) in [5, 5.41) is 2.64. The lowest BCUT2D eigenvalue weighted by Crippen LogP contribution is -2.53. The van der Waals surface area contributed by atoms with Gasteiger partial charge in [-0.05, 0) is 38.1 Å². The van der Waals surface area contributed by atoms with E-state index in [1.54, 1.807) is 12.0 Å². The van der Waals surface area contributed by atoms with Crippen LogP contribution in [0.5, 0.6) is 5.75 Å². The quantitative estimate of drug-likeness (QED) is 0.842. The maximum atomic E-state index is 12.0. The Balaban J connectivity index is 1.89. The van der Waals surface area contributed by atoms with E-state index in [2.05, 4.69) is 10.2 Å². The predicted molar refractivity (Wildman–Crippen MR) is 85.1 cm³/mol. The second-order valence-corrected chi connectivity index (χ2v) is 5.61. The van der Waals surface area contributed by atoms with Gasteiger partial charge in [0.15, 0.2) is 0 Å². The molecule has 1 N–H and O–H groups in total. The molecular formula is C16H23N3O3. The molecule has 1 heterocycles. The molecule has 6 nitrogen and oxygen atoms in total. The molecule has 6 heteroatoms. The SMILES string of the molecule is COc1ccc(N2CCN(C(=O)C(=O)NC(C)C)CC2)cc1. The summed E-state index contributed by atoms with van der Waals surface area (Å²) < 4.78 is 5.15. The fourth-order valence-electron chi connectivity index (χ4n) is 2.43. The molecule has 0 radical (unpaired) electrons. The highest BCUT2D eigenvalue weighted by Crippen LogP contribution is 2.20. The molecule has 0 unspecified atom stereocenters. The molecular weight excluding hydrogens is 282 g/mol. The molecule has 0 saturated carbocycles. The number of nitrogens with one attached hydrogen (secondary N) is 1. The third-order valence-corrected chi connectivity index (χ3v) is 3.62. The summed E-state index contributed by atoms with van der Waals surface area (Å²) in [5.41, 5.74) is 1.10. The minimum atomic E-state index is -0.520. The lowest BCUT2D eigenvalue weighted by atomic mass is 10.2. The van der Waals surface area contributed by atoms with Crippen molar-refractivity contribution in [2.24, 2.45) is 0 Å². The normalized spacial score (nSPS) is 14.9. The highest BCUT2D eigenvalue weighted by Gasteiger charge is 2.26. The standard InChI is InChI=1S/C16H23N3O3/c1-12(2)17-15(20)16(21)19-10-8-18(9-11-19)13-4-6-14(22-3)7-5-13/h4-7,12H,8-11H2,1-3H3,(H,17,20). The first kappa shape index (κ1) is 16.1. The number of hydrogen-bond donors (Lipinski definition) is 1. The van der Waals surface area contributed by atoms with Crippen LogP contribution in [0.4, 0.5) is 5.69 Å². The van der Waals surface area contributed by atoms with Gasteiger partial charge in [0.2, 0.25) is 0 Å². The summed E-state index contributed by atoms with van der Waals surface area (Å²) in [7, 11) is 1.64. The van der Waals surface area contributed by atoms with Gasteiger partial charge in [0.1, 0.15) is 5.75 Å². The van der Waals surface area contributed by atoms with Crippen LogP contribution in [0.2, 0.25) is 0 Å². The van der Waals surface area contributed by atoms with Crippen molar-refractivity contribution < 1.29 is 14.3 Å². The van der Waals surface area contributed by atoms with Crippen LogP contribution in [0.25, 0.3) is 0 Å². The zero-order valence-corrected chi connectivity index (χ0v) is 13.3. The summed E-state index contributed by atoms with van der Waals surface area (Å²) >= 11 is 0. The first-order valence-electron chi connectivity index (χ1n) is 7.50. The number of ether oxygens (including phenoxy) is 1. The number of carbonyl (C=O) groups is 2. The van der Waals surface area contributed by atoms with Gasteiger partial charge < -0.3 is 19.9 Å². The van der Waals surface area contributed by atoms with Crippen molar-refractivity contribution in [2.75, 3.05) is 38.2 Å². The molecule has 120 valence electrons. The minimum absolute atomic E-state index is 0.0305. The average Bonchev–Trinajstić information content (AvgIpc) is 2.54. The van der Waals surface area contributed by atoms with E-state index in [1.807, 2.05) is 38.1 Å². The second kappa shape index (κ2) is 7.15. The van der Waals surface area contributed by atoms with Crippen molar-refractivity contribution in [3.05, 3.63) is 24.3 Å². The van der Waals surface area contributed by atoms with E-state index in [-0.39, 0.29) is 6.04 Å². The maximum Gasteiger partial charge on any atom is 0.312 e. The number of carbonyl (C=O) groups excluding carboxylic acids is 2. The molecule has 1 aromatic rings. The zero-order chi connectivity index (χ0) is 16.1. The van der Waals surface area contributed by atoms with Crippen LogP contribution in [0.3, 0.4) is 0 Å². The van der Waals surface area contributed by atoms with Crippen molar-refractivity contribution in [1.82, 2.24) is 10.2 Å². The van der Waals surface area contributed by atoms with Gasteiger partial charge in [0.25, 0.3) is 0 Å². The van der Waals surface area contributed by atoms with Gasteiger partial charge in [-0.15, -0.1) is 0 Å². The predicted octanol–water partition coefficient (Wildman–Crippen LogP) is 0.868. The molecule has 1 aromatic carbocycles. The molecule has 0 atom stereocenters. The average molecular weight is 305 g/mol. The number of amides is 2. The van der Waals surface area contributed by atoms with Crippen molar-refractivity contribution in [1.29, 1.82) is 0 Å². The van der Waals surface area contributed by atoms with Gasteiger partial charge >= 0.3 is 11.8 Å². The van der Waals surface area contributed by atoms with Crippen LogP contribution in [-0.4, -0.2) is 56.0 Å². The summed E-state index contributed by atoms with van der Waals surface area (Å²) in [6.45, 7) is 6.21. The highest BCUT2D eigenvalue weighted by molar-refractivity contribution is 6.35. The van der Waals surface area contributed by atoms with Gasteiger partial charge in [0.05, 0.1) is 7.11 Å². The van der Waals surface area contributed by atoms with Gasteiger partial charge in [-0.25, -0.2) is 0 Å². The Bertz CT molecular complexity index is 520. The minimum Gasteiger partial charge on any atom is -0.497 e. The number of methoxy groups -OCH3 is 1. The molecule has 2 rings (SSSR count). The third kappa shape index (κ3) is 3.90. The van der Waals surface area contributed by atoms with Gasteiger partial charge in [-0.1, -0.05) is 0 Å². The lowest BCUT2D eigenvalue weighted by Gasteiger charge is -2.35. The van der Waals surface area contributed by atoms with Crippen molar-refractivity contribution in [3.63, 3.8) is 0 Å². The molecule has 1 saturated heterocycles. The van der Waals surface area contributed by atoms with Crippen LogP contribution >= 0.6 is 0 Å². The number of benzene rings is 1. The molecule has 0 aliphatic carbocycles. The fourth-order valence-corrected chi connectivity index (χ4v) is 2.43. The lowest BCUT2D eigenvalue weighted by molar-refractivity contribution is -0.146. The summed E-state index contributed by atoms with van der Waals surface area (Å²) in [4.78, 5) is 27.6.